The van der Waals surface area contributed by atoms with Gasteiger partial charge in [0, 0.05) is 24.6 Å². The fourth-order valence-electron chi connectivity index (χ4n) is 5.80. The van der Waals surface area contributed by atoms with E-state index in [0.717, 1.165) is 61.4 Å². The van der Waals surface area contributed by atoms with Crippen LogP contribution in [-0.4, -0.2) is 59.9 Å². The number of carbonyl (C=O) groups is 1. The first kappa shape index (κ1) is 29.0. The zero-order valence-corrected chi connectivity index (χ0v) is 23.7. The second-order valence-electron chi connectivity index (χ2n) is 11.5. The van der Waals surface area contributed by atoms with Crippen molar-refractivity contribution in [1.29, 1.82) is 0 Å². The highest BCUT2D eigenvalue weighted by Crippen LogP contribution is 2.39. The average molecular weight is 533 g/mol. The Kier molecular flexibility index (Phi) is 9.94. The quantitative estimate of drug-likeness (QED) is 0.232. The molecular weight excluding hydrogens is 488 g/mol. The molecule has 0 heterocycles. The van der Waals surface area contributed by atoms with Crippen LogP contribution >= 0.6 is 0 Å². The number of phenolic OH excluding ortho intramolecular Hbond substituents is 1. The lowest BCUT2D eigenvalue weighted by molar-refractivity contribution is -0.126. The molecule has 0 aliphatic heterocycles. The first-order chi connectivity index (χ1) is 18.8. The van der Waals surface area contributed by atoms with Crippen molar-refractivity contribution in [2.45, 2.75) is 76.4 Å². The Balaban J connectivity index is 1.42. The SMILES string of the molecule is COc1cc(CCC2(O)CCC(N(C)C(=O)C#Cc3cccc(C)c3)CCC2CCNCC2CC2)ccc1O. The minimum absolute atomic E-state index is 0.0500. The summed E-state index contributed by atoms with van der Waals surface area (Å²) in [6, 6.07) is 13.3. The standard InChI is InChI=1S/C33H44N2O4/c1-24-5-4-6-25(21-24)10-14-32(37)35(2)29-12-11-28(17-20-34-23-27-7-8-27)33(38,19-16-29)18-15-26-9-13-30(36)31(22-26)39-3/h4-6,9,13,21-22,27-29,34,36,38H,7-8,11-12,15-20,23H2,1-3H3. The molecule has 2 aromatic carbocycles. The summed E-state index contributed by atoms with van der Waals surface area (Å²) in [5.74, 6) is 7.22. The van der Waals surface area contributed by atoms with Gasteiger partial charge in [0.05, 0.1) is 12.7 Å². The summed E-state index contributed by atoms with van der Waals surface area (Å²) < 4.78 is 5.28. The van der Waals surface area contributed by atoms with Gasteiger partial charge in [0.25, 0.3) is 5.91 Å². The van der Waals surface area contributed by atoms with Gasteiger partial charge < -0.3 is 25.2 Å². The summed E-state index contributed by atoms with van der Waals surface area (Å²) in [7, 11) is 3.39. The van der Waals surface area contributed by atoms with E-state index in [1.807, 2.05) is 50.4 Å². The number of rotatable bonds is 10. The van der Waals surface area contributed by atoms with E-state index in [1.54, 1.807) is 18.1 Å². The second-order valence-corrected chi connectivity index (χ2v) is 11.5. The molecular formula is C33H44N2O4. The third-order valence-corrected chi connectivity index (χ3v) is 8.61. The number of benzene rings is 2. The van der Waals surface area contributed by atoms with Gasteiger partial charge in [-0.3, -0.25) is 4.79 Å². The van der Waals surface area contributed by atoms with Crippen LogP contribution in [0.15, 0.2) is 42.5 Å². The van der Waals surface area contributed by atoms with Gasteiger partial charge in [0.15, 0.2) is 11.5 Å². The van der Waals surface area contributed by atoms with Crippen molar-refractivity contribution in [3.63, 3.8) is 0 Å². The van der Waals surface area contributed by atoms with Crippen LogP contribution < -0.4 is 10.1 Å². The maximum absolute atomic E-state index is 13.0. The molecule has 2 aliphatic rings. The van der Waals surface area contributed by atoms with E-state index in [-0.39, 0.29) is 23.6 Å². The number of nitrogens with one attached hydrogen (secondary N) is 1. The summed E-state index contributed by atoms with van der Waals surface area (Å²) in [4.78, 5) is 14.8. The fourth-order valence-corrected chi connectivity index (χ4v) is 5.80. The van der Waals surface area contributed by atoms with Crippen LogP contribution in [-0.2, 0) is 11.2 Å². The second kappa shape index (κ2) is 13.4. The topological polar surface area (TPSA) is 82.0 Å². The Labute approximate surface area is 233 Å². The molecule has 3 atom stereocenters. The Hall–Kier alpha value is -3.01. The molecule has 2 fully saturated rings. The molecule has 6 nitrogen and oxygen atoms in total. The number of carbonyl (C=O) groups excluding carboxylic acids is 1. The molecule has 0 spiro atoms. The molecule has 1 amide bonds. The lowest BCUT2D eigenvalue weighted by Gasteiger charge is -2.35. The van der Waals surface area contributed by atoms with Crippen molar-refractivity contribution >= 4 is 5.91 Å². The minimum Gasteiger partial charge on any atom is -0.504 e. The third kappa shape index (κ3) is 8.24. The maximum Gasteiger partial charge on any atom is 0.298 e. The van der Waals surface area contributed by atoms with Crippen molar-refractivity contribution in [3.05, 3.63) is 59.2 Å². The summed E-state index contributed by atoms with van der Waals surface area (Å²) in [6.45, 7) is 3.98. The lowest BCUT2D eigenvalue weighted by atomic mass is 9.77. The van der Waals surface area contributed by atoms with Gasteiger partial charge in [-0.2, -0.15) is 0 Å². The van der Waals surface area contributed by atoms with E-state index in [4.69, 9.17) is 4.74 Å². The molecule has 2 saturated carbocycles. The predicted molar refractivity (Wildman–Crippen MR) is 155 cm³/mol. The van der Waals surface area contributed by atoms with Crippen molar-refractivity contribution < 1.29 is 19.7 Å². The molecule has 0 radical (unpaired) electrons. The van der Waals surface area contributed by atoms with Crippen molar-refractivity contribution in [1.82, 2.24) is 10.2 Å². The zero-order chi connectivity index (χ0) is 27.8. The van der Waals surface area contributed by atoms with Gasteiger partial charge in [-0.25, -0.2) is 0 Å². The molecule has 2 aliphatic carbocycles. The Morgan fingerprint density at radius 2 is 1.97 bits per heavy atom. The molecule has 39 heavy (non-hydrogen) atoms. The number of aromatic hydroxyl groups is 1. The van der Waals surface area contributed by atoms with Crippen LogP contribution in [0.3, 0.4) is 0 Å². The number of hydrogen-bond acceptors (Lipinski definition) is 5. The minimum atomic E-state index is -0.821. The smallest absolute Gasteiger partial charge is 0.298 e. The largest absolute Gasteiger partial charge is 0.504 e. The predicted octanol–water partition coefficient (Wildman–Crippen LogP) is 4.83. The van der Waals surface area contributed by atoms with Crippen molar-refractivity contribution in [2.24, 2.45) is 11.8 Å². The molecule has 2 aromatic rings. The Morgan fingerprint density at radius 3 is 2.72 bits per heavy atom. The van der Waals surface area contributed by atoms with Gasteiger partial charge in [0.2, 0.25) is 0 Å². The number of ether oxygens (including phenoxy) is 1. The molecule has 4 rings (SSSR count). The number of nitrogens with zero attached hydrogens (tertiary/aromatic N) is 1. The highest BCUT2D eigenvalue weighted by Gasteiger charge is 2.40. The maximum atomic E-state index is 13.0. The summed E-state index contributed by atoms with van der Waals surface area (Å²) in [6.07, 6.45) is 8.01. The number of amides is 1. The molecule has 3 N–H and O–H groups in total. The third-order valence-electron chi connectivity index (χ3n) is 8.61. The number of aryl methyl sites for hydroxylation is 2. The van der Waals surface area contributed by atoms with Crippen LogP contribution in [0.1, 0.15) is 68.1 Å². The van der Waals surface area contributed by atoms with Crippen LogP contribution in [0.4, 0.5) is 0 Å². The van der Waals surface area contributed by atoms with Crippen LogP contribution in [0.5, 0.6) is 11.5 Å². The molecule has 3 unspecified atom stereocenters. The van der Waals surface area contributed by atoms with Gasteiger partial charge in [0.1, 0.15) is 0 Å². The van der Waals surface area contributed by atoms with Crippen molar-refractivity contribution in [2.75, 3.05) is 27.2 Å². The van der Waals surface area contributed by atoms with E-state index in [0.29, 0.717) is 25.0 Å². The van der Waals surface area contributed by atoms with Crippen LogP contribution in [0, 0.1) is 30.6 Å². The van der Waals surface area contributed by atoms with Crippen LogP contribution in [0.25, 0.3) is 0 Å². The average Bonchev–Trinajstić information content (AvgIpc) is 3.77. The van der Waals surface area contributed by atoms with Gasteiger partial charge in [-0.05, 0) is 125 Å². The molecule has 6 heteroatoms. The molecule has 0 aromatic heterocycles. The number of hydrogen-bond donors (Lipinski definition) is 3. The number of phenols is 1. The van der Waals surface area contributed by atoms with E-state index in [1.165, 1.54) is 12.8 Å². The molecule has 0 bridgehead atoms. The first-order valence-electron chi connectivity index (χ1n) is 14.4. The highest BCUT2D eigenvalue weighted by atomic mass is 16.5. The number of methoxy groups -OCH3 is 1. The summed E-state index contributed by atoms with van der Waals surface area (Å²) in [5, 5.41) is 25.6. The lowest BCUT2D eigenvalue weighted by Crippen LogP contribution is -2.40. The van der Waals surface area contributed by atoms with E-state index < -0.39 is 5.60 Å². The van der Waals surface area contributed by atoms with E-state index in [9.17, 15) is 15.0 Å². The summed E-state index contributed by atoms with van der Waals surface area (Å²) >= 11 is 0. The van der Waals surface area contributed by atoms with Crippen LogP contribution in [0.2, 0.25) is 0 Å². The Morgan fingerprint density at radius 1 is 1.15 bits per heavy atom. The van der Waals surface area contributed by atoms with Gasteiger partial charge in [-0.1, -0.05) is 24.1 Å². The zero-order valence-electron chi connectivity index (χ0n) is 23.7. The monoisotopic (exact) mass is 532 g/mol. The Bertz CT molecular complexity index is 1180. The van der Waals surface area contributed by atoms with E-state index in [2.05, 4.69) is 17.2 Å². The summed E-state index contributed by atoms with van der Waals surface area (Å²) in [5.41, 5.74) is 2.17. The van der Waals surface area contributed by atoms with Gasteiger partial charge >= 0.3 is 0 Å². The van der Waals surface area contributed by atoms with E-state index >= 15 is 0 Å². The normalized spacial score (nSPS) is 22.9. The van der Waals surface area contributed by atoms with Crippen molar-refractivity contribution in [3.8, 4) is 23.3 Å². The number of aliphatic hydroxyl groups is 1. The first-order valence-corrected chi connectivity index (χ1v) is 14.4. The fraction of sp³-hybridized carbons (Fsp3) is 0.545. The molecule has 0 saturated heterocycles. The highest BCUT2D eigenvalue weighted by molar-refractivity contribution is 5.94. The van der Waals surface area contributed by atoms with Gasteiger partial charge in [-0.15, -0.1) is 0 Å². The molecule has 210 valence electrons.